The Morgan fingerprint density at radius 3 is 1.44 bits per heavy atom. The second-order valence-corrected chi connectivity index (χ2v) is 7.45. The van der Waals surface area contributed by atoms with Crippen LogP contribution in [-0.4, -0.2) is 6.66 Å². The molecular weight excluding hydrogens is 239 g/mol. The first-order valence-electron chi connectivity index (χ1n) is 6.84. The highest BCUT2D eigenvalue weighted by atomic mass is 31.1. The maximum atomic E-state index is 12.1. The molecule has 0 aliphatic rings. The fraction of sp³-hybridized carbons (Fsp3) is 0.625. The second-order valence-electron chi connectivity index (χ2n) is 6.01. The maximum absolute atomic E-state index is 12.1. The van der Waals surface area contributed by atoms with E-state index in [1.54, 1.807) is 0 Å². The Kier molecular flexibility index (Phi) is 5.10. The lowest BCUT2D eigenvalue weighted by Crippen LogP contribution is -2.16. The van der Waals surface area contributed by atoms with E-state index in [0.717, 1.165) is 5.30 Å². The van der Waals surface area contributed by atoms with Crippen molar-refractivity contribution in [3.63, 3.8) is 0 Å². The van der Waals surface area contributed by atoms with E-state index in [4.69, 9.17) is 0 Å². The predicted octanol–water partition coefficient (Wildman–Crippen LogP) is 5.14. The third-order valence-corrected chi connectivity index (χ3v) is 4.56. The Labute approximate surface area is 113 Å². The van der Waals surface area contributed by atoms with Gasteiger partial charge < -0.3 is 0 Å². The van der Waals surface area contributed by atoms with Crippen molar-refractivity contribution in [1.82, 2.24) is 0 Å². The Morgan fingerprint density at radius 1 is 0.833 bits per heavy atom. The van der Waals surface area contributed by atoms with Gasteiger partial charge in [-0.2, -0.15) is 0 Å². The number of rotatable bonds is 4. The molecule has 1 aromatic carbocycles. The van der Waals surface area contributed by atoms with E-state index in [9.17, 15) is 4.57 Å². The summed E-state index contributed by atoms with van der Waals surface area (Å²) in [5, 5.41) is 1.10. The van der Waals surface area contributed by atoms with E-state index in [2.05, 4.69) is 53.7 Å². The highest BCUT2D eigenvalue weighted by Gasteiger charge is 2.27. The molecule has 0 fully saturated rings. The molecule has 0 heterocycles. The van der Waals surface area contributed by atoms with Gasteiger partial charge in [-0.1, -0.05) is 58.2 Å². The SMILES string of the molecule is CC(C)c1cc(C(C)C)c([P+](C)=O)c(C(C)C)c1. The molecule has 0 saturated carbocycles. The molecule has 1 atom stereocenters. The molecule has 0 saturated heterocycles. The van der Waals surface area contributed by atoms with E-state index >= 15 is 0 Å². The van der Waals surface area contributed by atoms with Crippen LogP contribution >= 0.6 is 7.80 Å². The minimum absolute atomic E-state index is 0.426. The molecule has 0 aliphatic heterocycles. The summed E-state index contributed by atoms with van der Waals surface area (Å²) >= 11 is 0. The molecule has 0 aromatic heterocycles. The molecule has 0 radical (unpaired) electrons. The fourth-order valence-electron chi connectivity index (χ4n) is 2.28. The topological polar surface area (TPSA) is 17.1 Å². The van der Waals surface area contributed by atoms with Crippen LogP contribution in [0.2, 0.25) is 0 Å². The van der Waals surface area contributed by atoms with Gasteiger partial charge in [0, 0.05) is 11.1 Å². The van der Waals surface area contributed by atoms with Gasteiger partial charge in [-0.25, -0.2) is 0 Å². The Balaban J connectivity index is 3.60. The van der Waals surface area contributed by atoms with E-state index in [1.807, 2.05) is 6.66 Å². The smallest absolute Gasteiger partial charge is 0.0684 e. The summed E-state index contributed by atoms with van der Waals surface area (Å²) in [4.78, 5) is 0. The minimum Gasteiger partial charge on any atom is -0.0684 e. The monoisotopic (exact) mass is 265 g/mol. The maximum Gasteiger partial charge on any atom is 0.374 e. The van der Waals surface area contributed by atoms with Gasteiger partial charge in [0.25, 0.3) is 0 Å². The van der Waals surface area contributed by atoms with Gasteiger partial charge in [0.15, 0.2) is 5.30 Å². The fourth-order valence-corrected chi connectivity index (χ4v) is 3.65. The average Bonchev–Trinajstić information content (AvgIpc) is 2.26. The zero-order valence-corrected chi connectivity index (χ0v) is 13.6. The van der Waals surface area contributed by atoms with E-state index in [0.29, 0.717) is 17.8 Å². The second kappa shape index (κ2) is 5.97. The Bertz CT molecular complexity index is 415. The number of hydrogen-bond acceptors (Lipinski definition) is 1. The molecule has 2 heteroatoms. The summed E-state index contributed by atoms with van der Waals surface area (Å²) in [7, 11) is -1.28. The van der Waals surface area contributed by atoms with Crippen LogP contribution in [0.5, 0.6) is 0 Å². The van der Waals surface area contributed by atoms with Crippen molar-refractivity contribution in [3.05, 3.63) is 28.8 Å². The number of benzene rings is 1. The summed E-state index contributed by atoms with van der Waals surface area (Å²) in [5.74, 6) is 1.37. The molecule has 1 nitrogen and oxygen atoms in total. The molecule has 1 aromatic rings. The van der Waals surface area contributed by atoms with Crippen molar-refractivity contribution in [1.29, 1.82) is 0 Å². The summed E-state index contributed by atoms with van der Waals surface area (Å²) in [6.07, 6.45) is 0. The summed E-state index contributed by atoms with van der Waals surface area (Å²) in [6, 6.07) is 4.51. The normalized spacial score (nSPS) is 12.7. The van der Waals surface area contributed by atoms with Crippen LogP contribution in [0.15, 0.2) is 12.1 Å². The van der Waals surface area contributed by atoms with Crippen LogP contribution in [-0.2, 0) is 4.57 Å². The molecule has 0 amide bonds. The van der Waals surface area contributed by atoms with Crippen LogP contribution < -0.4 is 5.30 Å². The molecule has 1 rings (SSSR count). The average molecular weight is 265 g/mol. The zero-order valence-electron chi connectivity index (χ0n) is 12.7. The first-order chi connectivity index (χ1) is 8.25. The lowest BCUT2D eigenvalue weighted by Gasteiger charge is -2.17. The van der Waals surface area contributed by atoms with Gasteiger partial charge in [0.1, 0.15) is 6.66 Å². The molecule has 100 valence electrons. The van der Waals surface area contributed by atoms with E-state index < -0.39 is 7.80 Å². The largest absolute Gasteiger partial charge is 0.374 e. The first-order valence-corrected chi connectivity index (χ1v) is 8.55. The molecule has 1 unspecified atom stereocenters. The highest BCUT2D eigenvalue weighted by Crippen LogP contribution is 2.32. The van der Waals surface area contributed by atoms with Crippen molar-refractivity contribution in [2.24, 2.45) is 0 Å². The standard InChI is InChI=1S/C16H26OP/c1-10(2)13-8-14(11(3)4)16(18(7)17)15(9-13)12(5)6/h8-12H,1-7H3/q+1. The van der Waals surface area contributed by atoms with Crippen LogP contribution in [0.1, 0.15) is 76.0 Å². The summed E-state index contributed by atoms with van der Waals surface area (Å²) in [5.41, 5.74) is 3.91. The molecular formula is C16H26OP+. The Morgan fingerprint density at radius 2 is 1.22 bits per heavy atom. The van der Waals surface area contributed by atoms with Gasteiger partial charge >= 0.3 is 7.80 Å². The predicted molar refractivity (Wildman–Crippen MR) is 81.9 cm³/mol. The number of hydrogen-bond donors (Lipinski definition) is 0. The molecule has 0 spiro atoms. The van der Waals surface area contributed by atoms with Gasteiger partial charge in [-0.05, 0) is 23.3 Å². The van der Waals surface area contributed by atoms with Crippen molar-refractivity contribution >= 4 is 13.1 Å². The van der Waals surface area contributed by atoms with Crippen LogP contribution in [0.3, 0.4) is 0 Å². The highest BCUT2D eigenvalue weighted by molar-refractivity contribution is 7.52. The van der Waals surface area contributed by atoms with Crippen LogP contribution in [0.4, 0.5) is 0 Å². The third-order valence-electron chi connectivity index (χ3n) is 3.42. The molecule has 18 heavy (non-hydrogen) atoms. The Hall–Kier alpha value is -0.680. The molecule has 0 N–H and O–H groups in total. The van der Waals surface area contributed by atoms with Crippen molar-refractivity contribution < 1.29 is 4.57 Å². The van der Waals surface area contributed by atoms with Crippen molar-refractivity contribution in [2.45, 2.75) is 59.3 Å². The minimum atomic E-state index is -1.28. The van der Waals surface area contributed by atoms with Gasteiger partial charge in [-0.3, -0.25) is 0 Å². The van der Waals surface area contributed by atoms with Gasteiger partial charge in [0.2, 0.25) is 0 Å². The van der Waals surface area contributed by atoms with Crippen molar-refractivity contribution in [2.75, 3.05) is 6.66 Å². The first kappa shape index (κ1) is 15.4. The third kappa shape index (κ3) is 3.20. The van der Waals surface area contributed by atoms with E-state index in [1.165, 1.54) is 16.7 Å². The summed E-state index contributed by atoms with van der Waals surface area (Å²) in [6.45, 7) is 15.0. The summed E-state index contributed by atoms with van der Waals surface area (Å²) < 4.78 is 12.1. The van der Waals surface area contributed by atoms with Gasteiger partial charge in [-0.15, -0.1) is 0 Å². The lowest BCUT2D eigenvalue weighted by atomic mass is 9.89. The quantitative estimate of drug-likeness (QED) is 0.689. The van der Waals surface area contributed by atoms with Gasteiger partial charge in [0.05, 0.1) is 0 Å². The zero-order chi connectivity index (χ0) is 14.0. The lowest BCUT2D eigenvalue weighted by molar-refractivity contribution is 0.595. The van der Waals surface area contributed by atoms with E-state index in [-0.39, 0.29) is 0 Å². The molecule has 0 bridgehead atoms. The van der Waals surface area contributed by atoms with Crippen LogP contribution in [0, 0.1) is 0 Å². The molecule has 0 aliphatic carbocycles. The van der Waals surface area contributed by atoms with Crippen LogP contribution in [0.25, 0.3) is 0 Å². The van der Waals surface area contributed by atoms with Crippen molar-refractivity contribution in [3.8, 4) is 0 Å².